The molecular formula is C23H22N2O6. The molecule has 8 heteroatoms. The first kappa shape index (κ1) is 20.6. The van der Waals surface area contributed by atoms with E-state index in [1.165, 1.54) is 23.3 Å². The highest BCUT2D eigenvalue weighted by molar-refractivity contribution is 5.91. The van der Waals surface area contributed by atoms with E-state index in [1.807, 2.05) is 12.1 Å². The summed E-state index contributed by atoms with van der Waals surface area (Å²) in [4.78, 5) is 37.3. The Kier molecular flexibility index (Phi) is 5.73. The van der Waals surface area contributed by atoms with Crippen LogP contribution in [0.3, 0.4) is 0 Å². The second-order valence-corrected chi connectivity index (χ2v) is 7.62. The molecule has 0 amide bonds. The van der Waals surface area contributed by atoms with Crippen LogP contribution in [0.25, 0.3) is 10.9 Å². The molecule has 1 aliphatic rings. The SMILES string of the molecule is O=C(O)CC(=O)OC(CNC1Cc2ccccc2C1)c1ccc(O)c2[nH]c(=O)ccc12. The molecule has 1 unspecified atom stereocenters. The molecule has 160 valence electrons. The summed E-state index contributed by atoms with van der Waals surface area (Å²) in [7, 11) is 0. The topological polar surface area (TPSA) is 129 Å². The number of H-pyrrole nitrogens is 1. The lowest BCUT2D eigenvalue weighted by atomic mass is 10.0. The van der Waals surface area contributed by atoms with Gasteiger partial charge in [-0.05, 0) is 36.1 Å². The van der Waals surface area contributed by atoms with Gasteiger partial charge >= 0.3 is 11.9 Å². The van der Waals surface area contributed by atoms with E-state index in [0.29, 0.717) is 10.9 Å². The summed E-state index contributed by atoms with van der Waals surface area (Å²) in [5, 5.41) is 23.0. The molecule has 0 spiro atoms. The molecule has 0 radical (unpaired) electrons. The number of pyridine rings is 1. The molecule has 0 saturated heterocycles. The molecule has 1 heterocycles. The number of aromatic nitrogens is 1. The number of carbonyl (C=O) groups excluding carboxylic acids is 1. The number of nitrogens with one attached hydrogen (secondary N) is 2. The van der Waals surface area contributed by atoms with Crippen molar-refractivity contribution in [1.82, 2.24) is 10.3 Å². The third-order valence-electron chi connectivity index (χ3n) is 5.47. The summed E-state index contributed by atoms with van der Waals surface area (Å²) in [6, 6.07) is 14.2. The zero-order valence-electron chi connectivity index (χ0n) is 16.6. The van der Waals surface area contributed by atoms with E-state index in [2.05, 4.69) is 22.4 Å². The first-order valence-corrected chi connectivity index (χ1v) is 9.97. The lowest BCUT2D eigenvalue weighted by Crippen LogP contribution is -2.35. The Hall–Kier alpha value is -3.65. The van der Waals surface area contributed by atoms with Crippen LogP contribution >= 0.6 is 0 Å². The van der Waals surface area contributed by atoms with Crippen molar-refractivity contribution in [2.45, 2.75) is 31.4 Å². The van der Waals surface area contributed by atoms with E-state index in [1.54, 1.807) is 12.1 Å². The van der Waals surface area contributed by atoms with Gasteiger partial charge in [-0.1, -0.05) is 30.3 Å². The van der Waals surface area contributed by atoms with Gasteiger partial charge in [0.2, 0.25) is 5.56 Å². The van der Waals surface area contributed by atoms with Crippen LogP contribution in [0.15, 0.2) is 53.3 Å². The number of aromatic hydroxyl groups is 1. The maximum Gasteiger partial charge on any atom is 0.317 e. The van der Waals surface area contributed by atoms with E-state index in [-0.39, 0.29) is 29.4 Å². The number of aliphatic carboxylic acids is 1. The second kappa shape index (κ2) is 8.61. The summed E-state index contributed by atoms with van der Waals surface area (Å²) in [5.41, 5.74) is 2.96. The van der Waals surface area contributed by atoms with E-state index in [9.17, 15) is 19.5 Å². The highest BCUT2D eigenvalue weighted by Gasteiger charge is 2.25. The Balaban J connectivity index is 1.60. The Labute approximate surface area is 177 Å². The minimum absolute atomic E-state index is 0.105. The fourth-order valence-corrected chi connectivity index (χ4v) is 4.06. The van der Waals surface area contributed by atoms with Gasteiger partial charge in [0.05, 0.1) is 5.52 Å². The normalized spacial score (nSPS) is 14.3. The molecule has 0 bridgehead atoms. The number of fused-ring (bicyclic) bond motifs is 2. The highest BCUT2D eigenvalue weighted by atomic mass is 16.5. The highest BCUT2D eigenvalue weighted by Crippen LogP contribution is 2.31. The number of hydrogen-bond acceptors (Lipinski definition) is 6. The number of esters is 1. The van der Waals surface area contributed by atoms with Gasteiger partial charge in [-0.25, -0.2) is 0 Å². The van der Waals surface area contributed by atoms with E-state index < -0.39 is 24.5 Å². The van der Waals surface area contributed by atoms with Gasteiger partial charge < -0.3 is 25.3 Å². The van der Waals surface area contributed by atoms with E-state index in [4.69, 9.17) is 9.84 Å². The summed E-state index contributed by atoms with van der Waals surface area (Å²) >= 11 is 0. The van der Waals surface area contributed by atoms with Crippen molar-refractivity contribution in [2.75, 3.05) is 6.54 Å². The molecule has 4 rings (SSSR count). The van der Waals surface area contributed by atoms with Gasteiger partial charge in [0, 0.05) is 29.6 Å². The van der Waals surface area contributed by atoms with Crippen molar-refractivity contribution < 1.29 is 24.5 Å². The standard InChI is InChI=1S/C23H22N2O6/c26-18-7-5-16(17-6-8-20(27)25-23(17)18)19(31-22(30)11-21(28)29)12-24-15-9-13-3-1-2-4-14(13)10-15/h1-8,15,19,24,26H,9-12H2,(H,25,27)(H,28,29). The van der Waals surface area contributed by atoms with Gasteiger partial charge in [-0.3, -0.25) is 14.4 Å². The van der Waals surface area contributed by atoms with Gasteiger partial charge in [0.25, 0.3) is 0 Å². The molecule has 1 atom stereocenters. The third-order valence-corrected chi connectivity index (χ3v) is 5.47. The Morgan fingerprint density at radius 1 is 1.10 bits per heavy atom. The van der Waals surface area contributed by atoms with Crippen LogP contribution in [0.4, 0.5) is 0 Å². The molecule has 0 saturated carbocycles. The number of carboxylic acid groups (broad SMARTS) is 1. The zero-order valence-corrected chi connectivity index (χ0v) is 16.6. The Morgan fingerprint density at radius 3 is 2.48 bits per heavy atom. The number of rotatable bonds is 7. The largest absolute Gasteiger partial charge is 0.506 e. The maximum atomic E-state index is 12.1. The number of benzene rings is 2. The minimum atomic E-state index is -1.28. The fourth-order valence-electron chi connectivity index (χ4n) is 4.06. The lowest BCUT2D eigenvalue weighted by Gasteiger charge is -2.22. The van der Waals surface area contributed by atoms with Crippen LogP contribution in [-0.2, 0) is 27.2 Å². The second-order valence-electron chi connectivity index (χ2n) is 7.62. The molecule has 1 aliphatic carbocycles. The number of phenolic OH excluding ortho intramolecular Hbond substituents is 1. The first-order valence-electron chi connectivity index (χ1n) is 9.97. The van der Waals surface area contributed by atoms with Crippen molar-refractivity contribution >= 4 is 22.8 Å². The third kappa shape index (κ3) is 4.59. The number of carboxylic acids is 1. The summed E-state index contributed by atoms with van der Waals surface area (Å²) < 4.78 is 5.51. The van der Waals surface area contributed by atoms with Crippen LogP contribution < -0.4 is 10.9 Å². The zero-order chi connectivity index (χ0) is 22.0. The van der Waals surface area contributed by atoms with Crippen LogP contribution in [0.1, 0.15) is 29.2 Å². The van der Waals surface area contributed by atoms with Crippen LogP contribution in [0, 0.1) is 0 Å². The molecule has 8 nitrogen and oxygen atoms in total. The van der Waals surface area contributed by atoms with Crippen molar-refractivity contribution in [1.29, 1.82) is 0 Å². The monoisotopic (exact) mass is 422 g/mol. The molecule has 4 N–H and O–H groups in total. The maximum absolute atomic E-state index is 12.1. The average molecular weight is 422 g/mol. The number of carbonyl (C=O) groups is 2. The predicted octanol–water partition coefficient (Wildman–Crippen LogP) is 2.05. The van der Waals surface area contributed by atoms with Crippen LogP contribution in [-0.4, -0.2) is 39.7 Å². The van der Waals surface area contributed by atoms with Gasteiger partial charge in [0.1, 0.15) is 18.3 Å². The Morgan fingerprint density at radius 2 is 1.81 bits per heavy atom. The minimum Gasteiger partial charge on any atom is -0.506 e. The first-order chi connectivity index (χ1) is 14.9. The number of aromatic amines is 1. The predicted molar refractivity (Wildman–Crippen MR) is 113 cm³/mol. The molecule has 0 aliphatic heterocycles. The number of ether oxygens (including phenoxy) is 1. The number of phenols is 1. The quantitative estimate of drug-likeness (QED) is 0.339. The smallest absolute Gasteiger partial charge is 0.317 e. The van der Waals surface area contributed by atoms with Crippen LogP contribution in [0.2, 0.25) is 0 Å². The van der Waals surface area contributed by atoms with Crippen molar-refractivity contribution in [3.05, 3.63) is 75.6 Å². The lowest BCUT2D eigenvalue weighted by molar-refractivity contribution is -0.155. The summed E-state index contributed by atoms with van der Waals surface area (Å²) in [5.74, 6) is -2.24. The van der Waals surface area contributed by atoms with Crippen molar-refractivity contribution in [3.63, 3.8) is 0 Å². The summed E-state index contributed by atoms with van der Waals surface area (Å²) in [6.45, 7) is 0.253. The van der Waals surface area contributed by atoms with Crippen LogP contribution in [0.5, 0.6) is 5.75 Å². The fraction of sp³-hybridized carbons (Fsp3) is 0.261. The number of hydrogen-bond donors (Lipinski definition) is 4. The van der Waals surface area contributed by atoms with E-state index in [0.717, 1.165) is 12.8 Å². The molecular weight excluding hydrogens is 400 g/mol. The average Bonchev–Trinajstić information content (AvgIpc) is 3.14. The Bertz CT molecular complexity index is 1180. The van der Waals surface area contributed by atoms with Gasteiger partial charge in [-0.2, -0.15) is 0 Å². The molecule has 1 aromatic heterocycles. The van der Waals surface area contributed by atoms with Gasteiger partial charge in [-0.15, -0.1) is 0 Å². The molecule has 0 fully saturated rings. The molecule has 2 aromatic carbocycles. The van der Waals surface area contributed by atoms with E-state index >= 15 is 0 Å². The molecule has 31 heavy (non-hydrogen) atoms. The van der Waals surface area contributed by atoms with Crippen molar-refractivity contribution in [3.8, 4) is 5.75 Å². The van der Waals surface area contributed by atoms with Gasteiger partial charge in [0.15, 0.2) is 0 Å². The van der Waals surface area contributed by atoms with Crippen molar-refractivity contribution in [2.24, 2.45) is 0 Å². The molecule has 3 aromatic rings. The summed E-state index contributed by atoms with van der Waals surface area (Å²) in [6.07, 6.45) is 0.133.